The van der Waals surface area contributed by atoms with E-state index in [9.17, 15) is 4.79 Å². The number of hydrogen-bond acceptors (Lipinski definition) is 1. The smallest absolute Gasteiger partial charge is 0.164 e. The van der Waals surface area contributed by atoms with Crippen molar-refractivity contribution in [1.82, 2.24) is 4.57 Å². The van der Waals surface area contributed by atoms with Gasteiger partial charge in [-0.3, -0.25) is 4.79 Å². The van der Waals surface area contributed by atoms with Crippen LogP contribution in [0.1, 0.15) is 35.7 Å². The summed E-state index contributed by atoms with van der Waals surface area (Å²) in [6, 6.07) is 12.3. The lowest BCUT2D eigenvalue weighted by Gasteiger charge is -2.02. The van der Waals surface area contributed by atoms with Crippen LogP contribution in [-0.2, 0) is 13.0 Å². The van der Waals surface area contributed by atoms with Crippen LogP contribution in [0.15, 0.2) is 48.8 Å². The van der Waals surface area contributed by atoms with Crippen molar-refractivity contribution in [2.24, 2.45) is 0 Å². The average molecular weight is 241 g/mol. The molecular formula is C16H19NO. The van der Waals surface area contributed by atoms with Gasteiger partial charge in [0.1, 0.15) is 0 Å². The maximum absolute atomic E-state index is 11.7. The molecule has 1 heterocycles. The number of rotatable bonds is 6. The summed E-state index contributed by atoms with van der Waals surface area (Å²) in [7, 11) is 0. The number of carbonyl (C=O) groups is 1. The molecule has 0 radical (unpaired) electrons. The summed E-state index contributed by atoms with van der Waals surface area (Å²) in [5.74, 6) is 0.246. The largest absolute Gasteiger partial charge is 0.353 e. The zero-order valence-corrected chi connectivity index (χ0v) is 10.8. The van der Waals surface area contributed by atoms with Crippen LogP contribution in [0.25, 0.3) is 0 Å². The highest BCUT2D eigenvalue weighted by Gasteiger charge is 2.05. The molecule has 0 atom stereocenters. The number of carbonyl (C=O) groups excluding carboxylic acids is 1. The Morgan fingerprint density at radius 2 is 1.94 bits per heavy atom. The molecule has 0 unspecified atom stereocenters. The molecule has 0 aliphatic rings. The standard InChI is InChI=1S/C16H19NO/c1-2-6-16(18)15-10-12-17(13-15)11-9-14-7-4-3-5-8-14/h3-5,7-8,10,12-13H,2,6,9,11H2,1H3. The topological polar surface area (TPSA) is 22.0 Å². The van der Waals surface area contributed by atoms with E-state index in [1.165, 1.54) is 5.56 Å². The van der Waals surface area contributed by atoms with Gasteiger partial charge in [-0.1, -0.05) is 37.3 Å². The number of benzene rings is 1. The highest BCUT2D eigenvalue weighted by atomic mass is 16.1. The van der Waals surface area contributed by atoms with Gasteiger partial charge in [-0.15, -0.1) is 0 Å². The highest BCUT2D eigenvalue weighted by Crippen LogP contribution is 2.08. The lowest BCUT2D eigenvalue weighted by atomic mass is 10.1. The van der Waals surface area contributed by atoms with Crippen LogP contribution in [0.4, 0.5) is 0 Å². The molecule has 0 N–H and O–H groups in total. The minimum Gasteiger partial charge on any atom is -0.353 e. The van der Waals surface area contributed by atoms with E-state index in [1.807, 2.05) is 31.5 Å². The first-order valence-corrected chi connectivity index (χ1v) is 6.52. The van der Waals surface area contributed by atoms with E-state index < -0.39 is 0 Å². The molecule has 1 aromatic heterocycles. The first-order valence-electron chi connectivity index (χ1n) is 6.52. The second kappa shape index (κ2) is 6.20. The summed E-state index contributed by atoms with van der Waals surface area (Å²) in [4.78, 5) is 11.7. The van der Waals surface area contributed by atoms with Crippen LogP contribution in [0.3, 0.4) is 0 Å². The normalized spacial score (nSPS) is 10.5. The minimum absolute atomic E-state index is 0.246. The molecule has 0 spiro atoms. The Bertz CT molecular complexity index is 499. The van der Waals surface area contributed by atoms with Crippen molar-refractivity contribution in [3.05, 3.63) is 59.9 Å². The number of aromatic nitrogens is 1. The summed E-state index contributed by atoms with van der Waals surface area (Å²) >= 11 is 0. The van der Waals surface area contributed by atoms with Crippen molar-refractivity contribution in [3.8, 4) is 0 Å². The van der Waals surface area contributed by atoms with E-state index in [0.29, 0.717) is 6.42 Å². The quantitative estimate of drug-likeness (QED) is 0.707. The average Bonchev–Trinajstić information content (AvgIpc) is 2.87. The Kier molecular flexibility index (Phi) is 4.35. The van der Waals surface area contributed by atoms with Crippen molar-refractivity contribution in [1.29, 1.82) is 0 Å². The van der Waals surface area contributed by atoms with Crippen molar-refractivity contribution in [3.63, 3.8) is 0 Å². The molecule has 0 saturated heterocycles. The number of Topliss-reactive ketones (excluding diaryl/α,β-unsaturated/α-hetero) is 1. The van der Waals surface area contributed by atoms with Crippen LogP contribution < -0.4 is 0 Å². The molecule has 0 aliphatic carbocycles. The summed E-state index contributed by atoms with van der Waals surface area (Å²) in [6.07, 6.45) is 6.50. The molecular weight excluding hydrogens is 222 g/mol. The molecule has 1 aromatic carbocycles. The Hall–Kier alpha value is -1.83. The monoisotopic (exact) mass is 241 g/mol. The fourth-order valence-corrected chi connectivity index (χ4v) is 2.02. The van der Waals surface area contributed by atoms with Crippen LogP contribution >= 0.6 is 0 Å². The molecule has 0 aliphatic heterocycles. The molecule has 18 heavy (non-hydrogen) atoms. The summed E-state index contributed by atoms with van der Waals surface area (Å²) in [6.45, 7) is 2.95. The minimum atomic E-state index is 0.246. The van der Waals surface area contributed by atoms with Crippen molar-refractivity contribution in [2.75, 3.05) is 0 Å². The van der Waals surface area contributed by atoms with Crippen molar-refractivity contribution < 1.29 is 4.79 Å². The summed E-state index contributed by atoms with van der Waals surface area (Å²) < 4.78 is 2.09. The first kappa shape index (κ1) is 12.6. The van der Waals surface area contributed by atoms with Crippen molar-refractivity contribution in [2.45, 2.75) is 32.7 Å². The second-order valence-electron chi connectivity index (χ2n) is 4.55. The SMILES string of the molecule is CCCC(=O)c1ccn(CCc2ccccc2)c1. The first-order chi connectivity index (χ1) is 8.79. The summed E-state index contributed by atoms with van der Waals surface area (Å²) in [5.41, 5.74) is 2.16. The van der Waals surface area contributed by atoms with E-state index in [4.69, 9.17) is 0 Å². The fourth-order valence-electron chi connectivity index (χ4n) is 2.02. The third-order valence-corrected chi connectivity index (χ3v) is 3.05. The Labute approximate surface area is 108 Å². The van der Waals surface area contributed by atoms with Gasteiger partial charge in [-0.05, 0) is 24.5 Å². The molecule has 2 heteroatoms. The molecule has 0 amide bonds. The fraction of sp³-hybridized carbons (Fsp3) is 0.312. The van der Waals surface area contributed by atoms with E-state index >= 15 is 0 Å². The molecule has 2 rings (SSSR count). The Morgan fingerprint density at radius 1 is 1.17 bits per heavy atom. The third-order valence-electron chi connectivity index (χ3n) is 3.05. The van der Waals surface area contributed by atoms with Gasteiger partial charge in [-0.2, -0.15) is 0 Å². The number of nitrogens with zero attached hydrogens (tertiary/aromatic N) is 1. The predicted molar refractivity (Wildman–Crippen MR) is 73.8 cm³/mol. The number of aryl methyl sites for hydroxylation is 2. The van der Waals surface area contributed by atoms with Gasteiger partial charge in [0, 0.05) is 30.9 Å². The molecule has 0 bridgehead atoms. The third kappa shape index (κ3) is 3.33. The maximum Gasteiger partial charge on any atom is 0.164 e. The van der Waals surface area contributed by atoms with E-state index in [-0.39, 0.29) is 5.78 Å². The number of ketones is 1. The predicted octanol–water partition coefficient (Wildman–Crippen LogP) is 3.71. The van der Waals surface area contributed by atoms with Gasteiger partial charge in [0.05, 0.1) is 0 Å². The van der Waals surface area contributed by atoms with Gasteiger partial charge < -0.3 is 4.57 Å². The molecule has 94 valence electrons. The van der Waals surface area contributed by atoms with Gasteiger partial charge in [0.25, 0.3) is 0 Å². The van der Waals surface area contributed by atoms with Gasteiger partial charge >= 0.3 is 0 Å². The second-order valence-corrected chi connectivity index (χ2v) is 4.55. The van der Waals surface area contributed by atoms with E-state index in [1.54, 1.807) is 0 Å². The van der Waals surface area contributed by atoms with E-state index in [2.05, 4.69) is 28.8 Å². The highest BCUT2D eigenvalue weighted by molar-refractivity contribution is 5.95. The zero-order chi connectivity index (χ0) is 12.8. The van der Waals surface area contributed by atoms with Crippen LogP contribution in [0.5, 0.6) is 0 Å². The zero-order valence-electron chi connectivity index (χ0n) is 10.8. The lowest BCUT2D eigenvalue weighted by Crippen LogP contribution is -2.00. The Morgan fingerprint density at radius 3 is 2.67 bits per heavy atom. The number of hydrogen-bond donors (Lipinski definition) is 0. The molecule has 0 fully saturated rings. The van der Waals surface area contributed by atoms with E-state index in [0.717, 1.165) is 24.9 Å². The van der Waals surface area contributed by atoms with Gasteiger partial charge in [0.15, 0.2) is 5.78 Å². The Balaban J connectivity index is 1.93. The van der Waals surface area contributed by atoms with Gasteiger partial charge in [-0.25, -0.2) is 0 Å². The van der Waals surface area contributed by atoms with Crippen molar-refractivity contribution >= 4 is 5.78 Å². The van der Waals surface area contributed by atoms with Crippen LogP contribution in [0, 0.1) is 0 Å². The van der Waals surface area contributed by atoms with Gasteiger partial charge in [0.2, 0.25) is 0 Å². The van der Waals surface area contributed by atoms with Crippen LogP contribution in [0.2, 0.25) is 0 Å². The molecule has 2 nitrogen and oxygen atoms in total. The molecule has 2 aromatic rings. The van der Waals surface area contributed by atoms with Crippen LogP contribution in [-0.4, -0.2) is 10.4 Å². The molecule has 0 saturated carbocycles. The maximum atomic E-state index is 11.7. The summed E-state index contributed by atoms with van der Waals surface area (Å²) in [5, 5.41) is 0. The lowest BCUT2D eigenvalue weighted by molar-refractivity contribution is 0.0981.